The van der Waals surface area contributed by atoms with Crippen molar-refractivity contribution in [3.05, 3.63) is 115 Å². The van der Waals surface area contributed by atoms with Crippen molar-refractivity contribution in [2.75, 3.05) is 0 Å². The van der Waals surface area contributed by atoms with Crippen molar-refractivity contribution in [3.8, 4) is 45.3 Å². The van der Waals surface area contributed by atoms with Gasteiger partial charge in [-0.05, 0) is 57.9 Å². The van der Waals surface area contributed by atoms with Crippen molar-refractivity contribution in [3.63, 3.8) is 0 Å². The molecule has 0 fully saturated rings. The van der Waals surface area contributed by atoms with Crippen molar-refractivity contribution < 1.29 is 9.47 Å². The minimum Gasteiger partial charge on any atom is -0.458 e. The van der Waals surface area contributed by atoms with Crippen LogP contribution in [0, 0.1) is 0 Å². The van der Waals surface area contributed by atoms with E-state index in [-0.39, 0.29) is 6.71 Å². The van der Waals surface area contributed by atoms with Crippen molar-refractivity contribution in [1.82, 2.24) is 0 Å². The van der Waals surface area contributed by atoms with Gasteiger partial charge in [0.25, 0.3) is 6.71 Å². The Morgan fingerprint density at radius 3 is 1.88 bits per heavy atom. The smallest absolute Gasteiger partial charge is 0.260 e. The summed E-state index contributed by atoms with van der Waals surface area (Å²) in [5.74, 6) is 3.57. The van der Waals surface area contributed by atoms with Gasteiger partial charge in [0.15, 0.2) is 0 Å². The Morgan fingerprint density at radius 1 is 0.455 bits per heavy atom. The summed E-state index contributed by atoms with van der Waals surface area (Å²) in [6.07, 6.45) is 0. The standard InChI is InChI=1S/C30H19BO2/c1-2-9-20(10-3-1)21-11-8-12-22(19-21)23-17-18-28-29-30(23)33-27-16-7-5-14-25(27)31(29)24-13-4-6-15-26(24)32-28/h1-19H. The molecule has 0 aliphatic carbocycles. The molecule has 0 saturated heterocycles. The molecule has 0 saturated carbocycles. The van der Waals surface area contributed by atoms with Gasteiger partial charge in [0.05, 0.1) is 0 Å². The zero-order valence-electron chi connectivity index (χ0n) is 17.9. The zero-order chi connectivity index (χ0) is 21.8. The van der Waals surface area contributed by atoms with Crippen molar-refractivity contribution >= 4 is 23.1 Å². The number of ether oxygens (including phenoxy) is 2. The lowest BCUT2D eigenvalue weighted by atomic mass is 9.34. The molecule has 2 heterocycles. The fourth-order valence-electron chi connectivity index (χ4n) is 5.11. The summed E-state index contributed by atoms with van der Waals surface area (Å²) in [7, 11) is 0. The van der Waals surface area contributed by atoms with Crippen molar-refractivity contribution in [2.45, 2.75) is 0 Å². The van der Waals surface area contributed by atoms with Crippen LogP contribution in [0.2, 0.25) is 0 Å². The van der Waals surface area contributed by atoms with Gasteiger partial charge in [0.2, 0.25) is 0 Å². The van der Waals surface area contributed by atoms with Crippen LogP contribution < -0.4 is 25.9 Å². The fourth-order valence-corrected chi connectivity index (χ4v) is 5.11. The van der Waals surface area contributed by atoms with Gasteiger partial charge in [-0.2, -0.15) is 0 Å². The third-order valence-electron chi connectivity index (χ3n) is 6.62. The molecule has 3 heteroatoms. The molecule has 0 unspecified atom stereocenters. The van der Waals surface area contributed by atoms with E-state index < -0.39 is 0 Å². The maximum absolute atomic E-state index is 6.59. The number of para-hydroxylation sites is 2. The molecule has 0 radical (unpaired) electrons. The Bertz CT molecular complexity index is 1510. The van der Waals surface area contributed by atoms with Gasteiger partial charge in [-0.25, -0.2) is 0 Å². The van der Waals surface area contributed by atoms with Crippen LogP contribution in [0.5, 0.6) is 23.0 Å². The summed E-state index contributed by atoms with van der Waals surface area (Å²) in [5.41, 5.74) is 8.06. The van der Waals surface area contributed by atoms with Crippen LogP contribution in [-0.2, 0) is 0 Å². The van der Waals surface area contributed by atoms with E-state index in [0.29, 0.717) is 0 Å². The van der Waals surface area contributed by atoms with E-state index in [2.05, 4.69) is 91.0 Å². The first kappa shape index (κ1) is 18.3. The Kier molecular flexibility index (Phi) is 3.97. The number of hydrogen-bond acceptors (Lipinski definition) is 2. The van der Waals surface area contributed by atoms with E-state index in [0.717, 1.165) is 39.6 Å². The van der Waals surface area contributed by atoms with E-state index in [9.17, 15) is 0 Å². The van der Waals surface area contributed by atoms with Crippen molar-refractivity contribution in [1.29, 1.82) is 0 Å². The highest BCUT2D eigenvalue weighted by Crippen LogP contribution is 2.41. The minimum atomic E-state index is 0.0853. The maximum Gasteiger partial charge on any atom is 0.260 e. The summed E-state index contributed by atoms with van der Waals surface area (Å²) in [4.78, 5) is 0. The highest BCUT2D eigenvalue weighted by molar-refractivity contribution is 6.98. The molecule has 0 atom stereocenters. The molecule has 5 aromatic carbocycles. The lowest BCUT2D eigenvalue weighted by Gasteiger charge is -2.34. The predicted molar refractivity (Wildman–Crippen MR) is 135 cm³/mol. The Morgan fingerprint density at radius 2 is 1.09 bits per heavy atom. The third kappa shape index (κ3) is 2.83. The predicted octanol–water partition coefficient (Wildman–Crippen LogP) is 5.75. The largest absolute Gasteiger partial charge is 0.458 e. The Labute approximate surface area is 193 Å². The van der Waals surface area contributed by atoms with Gasteiger partial charge in [0, 0.05) is 11.0 Å². The lowest BCUT2D eigenvalue weighted by Crippen LogP contribution is -2.57. The second-order valence-corrected chi connectivity index (χ2v) is 8.51. The van der Waals surface area contributed by atoms with Gasteiger partial charge in [0.1, 0.15) is 23.0 Å². The number of benzene rings is 5. The first-order valence-corrected chi connectivity index (χ1v) is 11.2. The van der Waals surface area contributed by atoms with Crippen LogP contribution in [0.3, 0.4) is 0 Å². The molecule has 0 N–H and O–H groups in total. The number of rotatable bonds is 2. The molecular formula is C30H19BO2. The highest BCUT2D eigenvalue weighted by Gasteiger charge is 2.40. The van der Waals surface area contributed by atoms with Gasteiger partial charge in [-0.1, -0.05) is 84.9 Å². The second-order valence-electron chi connectivity index (χ2n) is 8.51. The molecule has 0 bridgehead atoms. The van der Waals surface area contributed by atoms with Crippen LogP contribution in [0.15, 0.2) is 115 Å². The summed E-state index contributed by atoms with van der Waals surface area (Å²) >= 11 is 0. The van der Waals surface area contributed by atoms with E-state index in [1.165, 1.54) is 22.1 Å². The molecule has 2 aliphatic rings. The van der Waals surface area contributed by atoms with E-state index >= 15 is 0 Å². The normalized spacial score (nSPS) is 12.7. The van der Waals surface area contributed by atoms with Gasteiger partial charge >= 0.3 is 0 Å². The SMILES string of the molecule is c1ccc(-c2cccc(-c3ccc4c5c3Oc3ccccc3B5c3ccccc3O4)c2)cc1. The Hall–Kier alpha value is -4.24. The zero-order valence-corrected chi connectivity index (χ0v) is 17.9. The summed E-state index contributed by atoms with van der Waals surface area (Å²) in [6.45, 7) is 0.0853. The average molecular weight is 422 g/mol. The van der Waals surface area contributed by atoms with E-state index in [1.807, 2.05) is 24.3 Å². The molecule has 5 aromatic rings. The fraction of sp³-hybridized carbons (Fsp3) is 0. The molecule has 2 nitrogen and oxygen atoms in total. The molecule has 0 spiro atoms. The maximum atomic E-state index is 6.59. The van der Waals surface area contributed by atoms with Crippen LogP contribution in [-0.4, -0.2) is 6.71 Å². The Balaban J connectivity index is 1.46. The molecule has 0 aromatic heterocycles. The quantitative estimate of drug-likeness (QED) is 0.331. The molecule has 154 valence electrons. The average Bonchev–Trinajstić information content (AvgIpc) is 2.89. The van der Waals surface area contributed by atoms with Crippen LogP contribution in [0.4, 0.5) is 0 Å². The molecule has 33 heavy (non-hydrogen) atoms. The first-order valence-electron chi connectivity index (χ1n) is 11.2. The minimum absolute atomic E-state index is 0.0853. The third-order valence-corrected chi connectivity index (χ3v) is 6.62. The summed E-state index contributed by atoms with van der Waals surface area (Å²) < 4.78 is 12.9. The van der Waals surface area contributed by atoms with Crippen LogP contribution in [0.25, 0.3) is 22.3 Å². The number of hydrogen-bond donors (Lipinski definition) is 0. The molecular weight excluding hydrogens is 403 g/mol. The van der Waals surface area contributed by atoms with Crippen molar-refractivity contribution in [2.24, 2.45) is 0 Å². The van der Waals surface area contributed by atoms with Crippen LogP contribution >= 0.6 is 0 Å². The molecule has 2 aliphatic heterocycles. The van der Waals surface area contributed by atoms with E-state index in [4.69, 9.17) is 9.47 Å². The monoisotopic (exact) mass is 422 g/mol. The van der Waals surface area contributed by atoms with Gasteiger partial charge in [-0.3, -0.25) is 0 Å². The molecule has 7 rings (SSSR count). The summed E-state index contributed by atoms with van der Waals surface area (Å²) in [6, 6.07) is 40.0. The first-order chi connectivity index (χ1) is 16.4. The lowest BCUT2D eigenvalue weighted by molar-refractivity contribution is 0.465. The van der Waals surface area contributed by atoms with Gasteiger partial charge < -0.3 is 9.47 Å². The second kappa shape index (κ2) is 7.14. The topological polar surface area (TPSA) is 18.5 Å². The van der Waals surface area contributed by atoms with Crippen LogP contribution in [0.1, 0.15) is 0 Å². The van der Waals surface area contributed by atoms with Gasteiger partial charge in [-0.15, -0.1) is 0 Å². The van der Waals surface area contributed by atoms with E-state index in [1.54, 1.807) is 0 Å². The number of fused-ring (bicyclic) bond motifs is 4. The highest BCUT2D eigenvalue weighted by atomic mass is 16.5. The molecule has 0 amide bonds. The summed E-state index contributed by atoms with van der Waals surface area (Å²) in [5, 5.41) is 0.